The minimum Gasteiger partial charge on any atom is -0.437 e. The molecule has 0 unspecified atom stereocenters. The van der Waals surface area contributed by atoms with Gasteiger partial charge in [0.15, 0.2) is 0 Å². The number of imidazole rings is 1. The minimum absolute atomic E-state index is 0.379. The van der Waals surface area contributed by atoms with Crippen LogP contribution >= 0.6 is 0 Å². The molecule has 0 bridgehead atoms. The lowest BCUT2D eigenvalue weighted by atomic mass is 10.0. The van der Waals surface area contributed by atoms with E-state index in [-0.39, 0.29) is 0 Å². The highest BCUT2D eigenvalue weighted by atomic mass is 16.5. The molecule has 0 saturated carbocycles. The maximum Gasteiger partial charge on any atom is 0.242 e. The van der Waals surface area contributed by atoms with Crippen molar-refractivity contribution in [3.8, 4) is 11.6 Å². The fourth-order valence-corrected chi connectivity index (χ4v) is 2.34. The standard InChI is InChI=1S/C17H19N3O/c1-12(2)13-6-5-7-14(10-13)21-17-15(11-18)20-9-4-3-8-16(20)19-17/h3-10,12H,11,18H2,1-2H3. The number of nitrogens with zero attached hydrogens (tertiary/aromatic N) is 2. The molecule has 3 rings (SSSR count). The van der Waals surface area contributed by atoms with Gasteiger partial charge in [-0.2, -0.15) is 4.98 Å². The van der Waals surface area contributed by atoms with Crippen LogP contribution in [0.4, 0.5) is 0 Å². The largest absolute Gasteiger partial charge is 0.437 e. The average molecular weight is 281 g/mol. The number of fused-ring (bicyclic) bond motifs is 1. The predicted molar refractivity (Wildman–Crippen MR) is 83.7 cm³/mol. The Hall–Kier alpha value is -2.33. The average Bonchev–Trinajstić information content (AvgIpc) is 2.84. The number of hydrogen-bond acceptors (Lipinski definition) is 3. The molecule has 0 amide bonds. The highest BCUT2D eigenvalue weighted by Crippen LogP contribution is 2.27. The number of pyridine rings is 1. The number of nitrogens with two attached hydrogens (primary N) is 1. The van der Waals surface area contributed by atoms with Crippen LogP contribution in [0.3, 0.4) is 0 Å². The Labute approximate surface area is 124 Å². The lowest BCUT2D eigenvalue weighted by Gasteiger charge is -2.09. The predicted octanol–water partition coefficient (Wildman–Crippen LogP) is 3.71. The van der Waals surface area contributed by atoms with Gasteiger partial charge >= 0.3 is 0 Å². The van der Waals surface area contributed by atoms with Gasteiger partial charge in [0.05, 0.1) is 0 Å². The van der Waals surface area contributed by atoms with E-state index in [0.717, 1.165) is 17.1 Å². The Bertz CT molecular complexity index is 762. The van der Waals surface area contributed by atoms with Crippen molar-refractivity contribution < 1.29 is 4.74 Å². The first-order chi connectivity index (χ1) is 10.2. The monoisotopic (exact) mass is 281 g/mol. The van der Waals surface area contributed by atoms with E-state index in [1.165, 1.54) is 5.56 Å². The van der Waals surface area contributed by atoms with Crippen molar-refractivity contribution in [2.75, 3.05) is 0 Å². The Morgan fingerprint density at radius 2 is 2.05 bits per heavy atom. The second-order valence-electron chi connectivity index (χ2n) is 5.33. The van der Waals surface area contributed by atoms with Crippen LogP contribution in [0, 0.1) is 0 Å². The summed E-state index contributed by atoms with van der Waals surface area (Å²) in [5.74, 6) is 1.83. The first-order valence-electron chi connectivity index (χ1n) is 7.13. The third-order valence-corrected chi connectivity index (χ3v) is 3.52. The zero-order valence-electron chi connectivity index (χ0n) is 12.3. The Balaban J connectivity index is 2.00. The van der Waals surface area contributed by atoms with Crippen LogP contribution in [0.2, 0.25) is 0 Å². The van der Waals surface area contributed by atoms with Gasteiger partial charge in [-0.3, -0.25) is 4.40 Å². The van der Waals surface area contributed by atoms with Crippen LogP contribution in [-0.2, 0) is 6.54 Å². The summed E-state index contributed by atoms with van der Waals surface area (Å²) < 4.78 is 7.92. The molecule has 0 atom stereocenters. The van der Waals surface area contributed by atoms with E-state index in [4.69, 9.17) is 10.5 Å². The summed E-state index contributed by atoms with van der Waals surface area (Å²) in [6.07, 6.45) is 1.95. The molecule has 2 N–H and O–H groups in total. The molecule has 0 aliphatic carbocycles. The molecular formula is C17H19N3O. The fraction of sp³-hybridized carbons (Fsp3) is 0.235. The summed E-state index contributed by atoms with van der Waals surface area (Å²) in [6.45, 7) is 4.70. The van der Waals surface area contributed by atoms with Crippen molar-refractivity contribution >= 4 is 5.65 Å². The summed E-state index contributed by atoms with van der Waals surface area (Å²) in [7, 11) is 0. The van der Waals surface area contributed by atoms with Crippen LogP contribution in [0.15, 0.2) is 48.7 Å². The molecule has 0 aliphatic rings. The third kappa shape index (κ3) is 2.62. The van der Waals surface area contributed by atoms with E-state index >= 15 is 0 Å². The van der Waals surface area contributed by atoms with Crippen molar-refractivity contribution in [1.82, 2.24) is 9.38 Å². The van der Waals surface area contributed by atoms with Crippen LogP contribution in [0.1, 0.15) is 31.0 Å². The Kier molecular flexibility index (Phi) is 3.62. The molecule has 108 valence electrons. The highest BCUT2D eigenvalue weighted by molar-refractivity contribution is 5.47. The number of hydrogen-bond donors (Lipinski definition) is 1. The zero-order valence-corrected chi connectivity index (χ0v) is 12.3. The molecule has 4 heteroatoms. The number of rotatable bonds is 4. The van der Waals surface area contributed by atoms with Crippen molar-refractivity contribution in [2.45, 2.75) is 26.3 Å². The maximum atomic E-state index is 5.96. The van der Waals surface area contributed by atoms with Gasteiger partial charge in [0.25, 0.3) is 0 Å². The van der Waals surface area contributed by atoms with E-state index in [1.807, 2.05) is 40.9 Å². The van der Waals surface area contributed by atoms with E-state index in [0.29, 0.717) is 18.3 Å². The highest BCUT2D eigenvalue weighted by Gasteiger charge is 2.13. The summed E-state index contributed by atoms with van der Waals surface area (Å²) in [5.41, 5.74) is 8.81. The van der Waals surface area contributed by atoms with Gasteiger partial charge in [0, 0.05) is 12.7 Å². The molecule has 0 aliphatic heterocycles. The minimum atomic E-state index is 0.379. The molecular weight excluding hydrogens is 262 g/mol. The Morgan fingerprint density at radius 1 is 1.19 bits per heavy atom. The molecule has 0 spiro atoms. The molecule has 1 aromatic carbocycles. The number of benzene rings is 1. The maximum absolute atomic E-state index is 5.96. The van der Waals surface area contributed by atoms with Crippen molar-refractivity contribution in [3.05, 3.63) is 59.9 Å². The van der Waals surface area contributed by atoms with Gasteiger partial charge in [-0.25, -0.2) is 0 Å². The van der Waals surface area contributed by atoms with E-state index < -0.39 is 0 Å². The van der Waals surface area contributed by atoms with Crippen molar-refractivity contribution in [2.24, 2.45) is 5.73 Å². The van der Waals surface area contributed by atoms with Crippen molar-refractivity contribution in [1.29, 1.82) is 0 Å². The third-order valence-electron chi connectivity index (χ3n) is 3.52. The molecule has 0 saturated heterocycles. The van der Waals surface area contributed by atoms with Gasteiger partial charge in [-0.05, 0) is 35.7 Å². The second kappa shape index (κ2) is 5.58. The van der Waals surface area contributed by atoms with Crippen LogP contribution in [0.25, 0.3) is 5.65 Å². The zero-order chi connectivity index (χ0) is 14.8. The van der Waals surface area contributed by atoms with Crippen LogP contribution in [0.5, 0.6) is 11.6 Å². The summed E-state index contributed by atoms with van der Waals surface area (Å²) in [4.78, 5) is 4.51. The van der Waals surface area contributed by atoms with E-state index in [2.05, 4.69) is 31.0 Å². The number of ether oxygens (including phenoxy) is 1. The summed E-state index contributed by atoms with van der Waals surface area (Å²) in [5, 5.41) is 0. The first kappa shape index (κ1) is 13.6. The molecule has 0 fully saturated rings. The Morgan fingerprint density at radius 3 is 2.81 bits per heavy atom. The van der Waals surface area contributed by atoms with Gasteiger partial charge < -0.3 is 10.5 Å². The van der Waals surface area contributed by atoms with Crippen molar-refractivity contribution in [3.63, 3.8) is 0 Å². The molecule has 2 aromatic heterocycles. The first-order valence-corrected chi connectivity index (χ1v) is 7.13. The van der Waals surface area contributed by atoms with Gasteiger partial charge in [0.1, 0.15) is 17.1 Å². The van der Waals surface area contributed by atoms with Crippen LogP contribution < -0.4 is 10.5 Å². The lowest BCUT2D eigenvalue weighted by Crippen LogP contribution is -2.02. The van der Waals surface area contributed by atoms with Gasteiger partial charge in [0.2, 0.25) is 5.88 Å². The normalized spacial score (nSPS) is 11.2. The molecule has 4 nitrogen and oxygen atoms in total. The fourth-order valence-electron chi connectivity index (χ4n) is 2.34. The van der Waals surface area contributed by atoms with Gasteiger partial charge in [-0.1, -0.05) is 32.0 Å². The second-order valence-corrected chi connectivity index (χ2v) is 5.33. The summed E-state index contributed by atoms with van der Waals surface area (Å²) >= 11 is 0. The number of aromatic nitrogens is 2. The topological polar surface area (TPSA) is 52.5 Å². The summed E-state index contributed by atoms with van der Waals surface area (Å²) in [6, 6.07) is 13.9. The lowest BCUT2D eigenvalue weighted by molar-refractivity contribution is 0.458. The smallest absolute Gasteiger partial charge is 0.242 e. The van der Waals surface area contributed by atoms with E-state index in [1.54, 1.807) is 0 Å². The SMILES string of the molecule is CC(C)c1cccc(Oc2nc3ccccn3c2CN)c1. The molecule has 21 heavy (non-hydrogen) atoms. The molecule has 2 heterocycles. The molecule has 0 radical (unpaired) electrons. The van der Waals surface area contributed by atoms with E-state index in [9.17, 15) is 0 Å². The van der Waals surface area contributed by atoms with Crippen LogP contribution in [-0.4, -0.2) is 9.38 Å². The molecule has 3 aromatic rings. The quantitative estimate of drug-likeness (QED) is 0.793. The van der Waals surface area contributed by atoms with Gasteiger partial charge in [-0.15, -0.1) is 0 Å².